The van der Waals surface area contributed by atoms with E-state index >= 15 is 0 Å². The van der Waals surface area contributed by atoms with Crippen LogP contribution < -0.4 is 0 Å². The fourth-order valence-corrected chi connectivity index (χ4v) is 6.16. The molecule has 2 atom stereocenters. The van der Waals surface area contributed by atoms with Crippen molar-refractivity contribution in [3.8, 4) is 0 Å². The van der Waals surface area contributed by atoms with Gasteiger partial charge in [0.15, 0.2) is 0 Å². The van der Waals surface area contributed by atoms with Crippen molar-refractivity contribution < 1.29 is 13.3 Å². The van der Waals surface area contributed by atoms with Gasteiger partial charge in [-0.2, -0.15) is 9.37 Å². The lowest BCUT2D eigenvalue weighted by atomic mass is 9.98. The van der Waals surface area contributed by atoms with Gasteiger partial charge in [0, 0.05) is 20.1 Å². The number of rotatable bonds is 4. The Hall–Kier alpha value is -1.73. The van der Waals surface area contributed by atoms with E-state index < -0.39 is 15.3 Å². The molecule has 0 unspecified atom stereocenters. The van der Waals surface area contributed by atoms with Crippen LogP contribution in [-0.2, 0) is 27.8 Å². The van der Waals surface area contributed by atoms with E-state index in [1.165, 1.54) is 11.1 Å². The number of fused-ring (bicyclic) bond motifs is 1. The maximum Gasteiger partial charge on any atom is 0.221 e. The van der Waals surface area contributed by atoms with Gasteiger partial charge in [0.25, 0.3) is 0 Å². The van der Waals surface area contributed by atoms with Crippen molar-refractivity contribution in [1.82, 2.24) is 9.37 Å². The van der Waals surface area contributed by atoms with Crippen LogP contribution in [0.25, 0.3) is 0 Å². The molecule has 2 aromatic carbocycles. The highest BCUT2D eigenvalue weighted by atomic mass is 32.2. The first-order valence-corrected chi connectivity index (χ1v) is 11.4. The normalized spacial score (nSPS) is 23.9. The van der Waals surface area contributed by atoms with Gasteiger partial charge in [0.05, 0.1) is 12.6 Å². The molecule has 28 heavy (non-hydrogen) atoms. The van der Waals surface area contributed by atoms with Gasteiger partial charge in [-0.15, -0.1) is 0 Å². The molecular weight excluding hydrogens is 372 g/mol. The molecule has 0 bridgehead atoms. The monoisotopic (exact) mass is 400 g/mol. The molecule has 2 aliphatic rings. The molecule has 0 saturated carbocycles. The van der Waals surface area contributed by atoms with E-state index in [0.717, 1.165) is 17.5 Å². The third kappa shape index (κ3) is 3.50. The van der Waals surface area contributed by atoms with Gasteiger partial charge < -0.3 is 0 Å². The summed E-state index contributed by atoms with van der Waals surface area (Å²) in [6.07, 6.45) is 0.757. The van der Waals surface area contributed by atoms with Gasteiger partial charge in [-0.1, -0.05) is 62.4 Å². The average molecular weight is 401 g/mol. The molecule has 1 saturated heterocycles. The maximum absolute atomic E-state index is 13.5. The zero-order chi connectivity index (χ0) is 19.9. The number of hydroxylamine groups is 2. The van der Waals surface area contributed by atoms with Crippen molar-refractivity contribution in [3.05, 3.63) is 70.8 Å². The molecule has 6 heteroatoms. The number of nitrogens with zero attached hydrogens (tertiary/aromatic N) is 2. The molecule has 2 aromatic rings. The van der Waals surface area contributed by atoms with Crippen molar-refractivity contribution in [3.63, 3.8) is 0 Å². The Morgan fingerprint density at radius 3 is 2.39 bits per heavy atom. The van der Waals surface area contributed by atoms with E-state index in [9.17, 15) is 8.42 Å². The summed E-state index contributed by atoms with van der Waals surface area (Å²) in [6, 6.07) is 16.1. The zero-order valence-corrected chi connectivity index (χ0v) is 17.5. The maximum atomic E-state index is 13.5. The van der Waals surface area contributed by atoms with Crippen molar-refractivity contribution in [2.45, 2.75) is 44.0 Å². The number of hydrogen-bond acceptors (Lipinski definition) is 4. The van der Waals surface area contributed by atoms with Crippen LogP contribution in [0.4, 0.5) is 0 Å². The van der Waals surface area contributed by atoms with Gasteiger partial charge >= 0.3 is 0 Å². The summed E-state index contributed by atoms with van der Waals surface area (Å²) in [7, 11) is -1.67. The van der Waals surface area contributed by atoms with Crippen LogP contribution in [0.1, 0.15) is 48.1 Å². The average Bonchev–Trinajstić information content (AvgIpc) is 3.10. The zero-order valence-electron chi connectivity index (χ0n) is 16.7. The molecule has 2 aliphatic heterocycles. The Labute approximate surface area is 167 Å². The molecule has 0 aliphatic carbocycles. The summed E-state index contributed by atoms with van der Waals surface area (Å²) in [5, 5.41) is 1.09. The highest BCUT2D eigenvalue weighted by molar-refractivity contribution is 7.89. The van der Waals surface area contributed by atoms with Crippen LogP contribution in [0.2, 0.25) is 0 Å². The summed E-state index contributed by atoms with van der Waals surface area (Å²) < 4.78 is 28.7. The summed E-state index contributed by atoms with van der Waals surface area (Å²) in [6.45, 7) is 5.46. The summed E-state index contributed by atoms with van der Waals surface area (Å²) in [5.74, 6) is 0.444. The second-order valence-corrected chi connectivity index (χ2v) is 10.2. The van der Waals surface area contributed by atoms with Crippen molar-refractivity contribution in [2.75, 3.05) is 20.2 Å². The molecule has 150 valence electrons. The number of sulfonamides is 1. The minimum absolute atomic E-state index is 0.188. The molecule has 0 aromatic heterocycles. The van der Waals surface area contributed by atoms with E-state index in [2.05, 4.69) is 32.0 Å². The van der Waals surface area contributed by atoms with Gasteiger partial charge in [0.1, 0.15) is 5.25 Å². The highest BCUT2D eigenvalue weighted by Crippen LogP contribution is 2.36. The first-order valence-electron chi connectivity index (χ1n) is 9.89. The second-order valence-electron chi connectivity index (χ2n) is 8.04. The molecule has 0 radical (unpaired) electrons. The Balaban J connectivity index is 1.61. The topological polar surface area (TPSA) is 49.9 Å². The summed E-state index contributed by atoms with van der Waals surface area (Å²) in [5.41, 5.74) is 4.57. The summed E-state index contributed by atoms with van der Waals surface area (Å²) in [4.78, 5) is 5.68. The van der Waals surface area contributed by atoms with Crippen LogP contribution in [0.5, 0.6) is 0 Å². The lowest BCUT2D eigenvalue weighted by Gasteiger charge is -2.32. The van der Waals surface area contributed by atoms with E-state index in [4.69, 9.17) is 4.84 Å². The minimum Gasteiger partial charge on any atom is -0.297 e. The Bertz CT molecular complexity index is 941. The molecule has 0 spiro atoms. The third-order valence-electron chi connectivity index (χ3n) is 5.97. The Kier molecular flexibility index (Phi) is 5.31. The standard InChI is InChI=1S/C22H28N2O3S/c1-16(2)17-8-10-19(11-9-17)22-21(15-27-23(22)3)28(25,26)24-13-12-18-6-4-5-7-20(18)14-24/h4-11,16,21-22H,12-15H2,1-3H3/t21-,22+/m0/s1. The molecule has 4 rings (SSSR count). The van der Waals surface area contributed by atoms with E-state index in [0.29, 0.717) is 19.0 Å². The summed E-state index contributed by atoms with van der Waals surface area (Å²) >= 11 is 0. The SMILES string of the molecule is CC(C)c1ccc([C@@H]2[C@@H](S(=O)(=O)N3CCc4ccccc4C3)CON2C)cc1. The molecule has 2 heterocycles. The van der Waals surface area contributed by atoms with E-state index in [-0.39, 0.29) is 12.6 Å². The van der Waals surface area contributed by atoms with Crippen molar-refractivity contribution in [2.24, 2.45) is 0 Å². The van der Waals surface area contributed by atoms with Crippen LogP contribution in [0.15, 0.2) is 48.5 Å². The predicted octanol–water partition coefficient (Wildman–Crippen LogP) is 3.48. The molecular formula is C22H28N2O3S. The first-order chi connectivity index (χ1) is 13.4. The lowest BCUT2D eigenvalue weighted by molar-refractivity contribution is -0.110. The van der Waals surface area contributed by atoms with Crippen molar-refractivity contribution in [1.29, 1.82) is 0 Å². The van der Waals surface area contributed by atoms with Crippen molar-refractivity contribution >= 4 is 10.0 Å². The largest absolute Gasteiger partial charge is 0.297 e. The second kappa shape index (κ2) is 7.59. The number of benzene rings is 2. The van der Waals surface area contributed by atoms with E-state index in [1.54, 1.807) is 9.37 Å². The lowest BCUT2D eigenvalue weighted by Crippen LogP contribution is -2.44. The Morgan fingerprint density at radius 2 is 1.71 bits per heavy atom. The smallest absolute Gasteiger partial charge is 0.221 e. The van der Waals surface area contributed by atoms with Crippen LogP contribution in [-0.4, -0.2) is 43.2 Å². The van der Waals surface area contributed by atoms with Gasteiger partial charge in [0.2, 0.25) is 10.0 Å². The fourth-order valence-electron chi connectivity index (χ4n) is 4.23. The molecule has 5 nitrogen and oxygen atoms in total. The third-order valence-corrected chi connectivity index (χ3v) is 8.16. The Morgan fingerprint density at radius 1 is 1.04 bits per heavy atom. The predicted molar refractivity (Wildman–Crippen MR) is 110 cm³/mol. The molecule has 1 fully saturated rings. The quantitative estimate of drug-likeness (QED) is 0.788. The molecule has 0 amide bonds. The number of hydrogen-bond donors (Lipinski definition) is 0. The minimum atomic E-state index is -3.49. The van der Waals surface area contributed by atoms with Crippen LogP contribution in [0, 0.1) is 0 Å². The first kappa shape index (κ1) is 19.6. The molecule has 0 N–H and O–H groups in total. The van der Waals surface area contributed by atoms with Gasteiger partial charge in [-0.25, -0.2) is 8.42 Å². The fraction of sp³-hybridized carbons (Fsp3) is 0.455. The van der Waals surface area contributed by atoms with E-state index in [1.807, 2.05) is 37.4 Å². The highest BCUT2D eigenvalue weighted by Gasteiger charge is 2.46. The van der Waals surface area contributed by atoms with Gasteiger partial charge in [-0.3, -0.25) is 4.84 Å². The van der Waals surface area contributed by atoms with Gasteiger partial charge in [-0.05, 0) is 34.6 Å². The van der Waals surface area contributed by atoms with Crippen LogP contribution >= 0.6 is 0 Å². The van der Waals surface area contributed by atoms with Crippen LogP contribution in [0.3, 0.4) is 0 Å².